The Morgan fingerprint density at radius 1 is 1.18 bits per heavy atom. The summed E-state index contributed by atoms with van der Waals surface area (Å²) in [6.45, 7) is 2.52. The molecule has 0 aliphatic rings. The van der Waals surface area contributed by atoms with Crippen LogP contribution < -0.4 is 4.90 Å². The van der Waals surface area contributed by atoms with Gasteiger partial charge in [0, 0.05) is 24.6 Å². The van der Waals surface area contributed by atoms with Gasteiger partial charge in [0.25, 0.3) is 0 Å². The zero-order valence-corrected chi connectivity index (χ0v) is 12.2. The van der Waals surface area contributed by atoms with Crippen molar-refractivity contribution in [3.05, 3.63) is 66.4 Å². The van der Waals surface area contributed by atoms with Gasteiger partial charge in [0.2, 0.25) is 5.91 Å². The first kappa shape index (κ1) is 14.3. The van der Waals surface area contributed by atoms with Crippen molar-refractivity contribution in [2.75, 3.05) is 11.4 Å². The summed E-state index contributed by atoms with van der Waals surface area (Å²) in [5.41, 5.74) is 2.13. The first-order chi connectivity index (χ1) is 10.7. The summed E-state index contributed by atoms with van der Waals surface area (Å²) in [7, 11) is 0. The smallest absolute Gasteiger partial charge is 0.233 e. The minimum absolute atomic E-state index is 0.0300. The van der Waals surface area contributed by atoms with E-state index in [2.05, 4.69) is 4.98 Å². The number of carbonyl (C=O) groups excluding carboxylic acids is 1. The zero-order valence-electron chi connectivity index (χ0n) is 12.2. The quantitative estimate of drug-likeness (QED) is 0.742. The van der Waals surface area contributed by atoms with Gasteiger partial charge in [-0.05, 0) is 31.2 Å². The van der Waals surface area contributed by atoms with Gasteiger partial charge in [-0.15, -0.1) is 0 Å². The fraction of sp³-hybridized carbons (Fsp3) is 0.176. The molecule has 0 fully saturated rings. The molecule has 0 unspecified atom stereocenters. The van der Waals surface area contributed by atoms with Crippen molar-refractivity contribution in [2.45, 2.75) is 13.3 Å². The monoisotopic (exact) mass is 297 g/mol. The second-order valence-corrected chi connectivity index (χ2v) is 5.00. The molecule has 2 heterocycles. The molecule has 4 nitrogen and oxygen atoms in total. The summed E-state index contributed by atoms with van der Waals surface area (Å²) in [6, 6.07) is 12.5. The van der Waals surface area contributed by atoms with Crippen LogP contribution >= 0.6 is 0 Å². The van der Waals surface area contributed by atoms with Gasteiger partial charge in [0.05, 0.1) is 12.1 Å². The van der Waals surface area contributed by atoms with Crippen molar-refractivity contribution in [3.8, 4) is 0 Å². The van der Waals surface area contributed by atoms with Crippen LogP contribution in [0.3, 0.4) is 0 Å². The fourth-order valence-corrected chi connectivity index (χ4v) is 2.46. The number of rotatable bonds is 4. The number of likely N-dealkylation sites (N-methyl/N-ethyl adjacent to an activating group) is 1. The number of benzene rings is 1. The fourth-order valence-electron chi connectivity index (χ4n) is 2.46. The molecule has 0 spiro atoms. The number of aromatic nitrogens is 2. The molecule has 112 valence electrons. The van der Waals surface area contributed by atoms with Crippen LogP contribution in [0.15, 0.2) is 54.9 Å². The van der Waals surface area contributed by atoms with E-state index in [1.807, 2.05) is 37.3 Å². The normalized spacial score (nSPS) is 10.8. The van der Waals surface area contributed by atoms with E-state index in [0.717, 1.165) is 5.69 Å². The van der Waals surface area contributed by atoms with E-state index in [1.165, 1.54) is 12.3 Å². The Kier molecular flexibility index (Phi) is 3.87. The molecule has 0 radical (unpaired) electrons. The summed E-state index contributed by atoms with van der Waals surface area (Å²) in [5.74, 6) is -0.361. The number of pyridine rings is 1. The molecule has 0 saturated carbocycles. The minimum Gasteiger partial charge on any atom is -0.312 e. The summed E-state index contributed by atoms with van der Waals surface area (Å²) in [5, 5.41) is 0. The van der Waals surface area contributed by atoms with Crippen molar-refractivity contribution in [3.63, 3.8) is 0 Å². The molecule has 0 aliphatic carbocycles. The van der Waals surface area contributed by atoms with Gasteiger partial charge in [-0.25, -0.2) is 9.37 Å². The first-order valence-corrected chi connectivity index (χ1v) is 7.16. The maximum absolute atomic E-state index is 13.2. The lowest BCUT2D eigenvalue weighted by Gasteiger charge is -2.20. The molecule has 0 bridgehead atoms. The van der Waals surface area contributed by atoms with Gasteiger partial charge >= 0.3 is 0 Å². The van der Waals surface area contributed by atoms with Crippen LogP contribution in [0.4, 0.5) is 10.1 Å². The third kappa shape index (κ3) is 2.83. The summed E-state index contributed by atoms with van der Waals surface area (Å²) in [6.07, 6.45) is 3.23. The van der Waals surface area contributed by atoms with Crippen LogP contribution in [-0.4, -0.2) is 21.8 Å². The highest BCUT2D eigenvalue weighted by Crippen LogP contribution is 2.15. The molecule has 2 aromatic heterocycles. The summed E-state index contributed by atoms with van der Waals surface area (Å²) < 4.78 is 14.8. The number of halogens is 1. The number of amides is 1. The largest absolute Gasteiger partial charge is 0.312 e. The van der Waals surface area contributed by atoms with Crippen LogP contribution in [-0.2, 0) is 11.2 Å². The minimum atomic E-state index is -0.331. The topological polar surface area (TPSA) is 37.6 Å². The standard InChI is InChI=1S/C17H16FN3O/c1-2-21(15-6-4-3-5-7-15)17(22)10-14-12-20-11-13(18)8-9-16(20)19-14/h3-9,11-12H,2,10H2,1H3. The van der Waals surface area contributed by atoms with E-state index in [1.54, 1.807) is 21.6 Å². The van der Waals surface area contributed by atoms with Crippen LogP contribution in [0.2, 0.25) is 0 Å². The van der Waals surface area contributed by atoms with Crippen LogP contribution in [0.25, 0.3) is 5.65 Å². The Bertz CT molecular complexity index is 798. The van der Waals surface area contributed by atoms with E-state index in [0.29, 0.717) is 17.9 Å². The highest BCUT2D eigenvalue weighted by Gasteiger charge is 2.16. The number of anilines is 1. The van der Waals surface area contributed by atoms with Crippen molar-refractivity contribution < 1.29 is 9.18 Å². The van der Waals surface area contributed by atoms with Gasteiger partial charge in [-0.3, -0.25) is 4.79 Å². The Labute approximate surface area is 127 Å². The Hall–Kier alpha value is -2.69. The van der Waals surface area contributed by atoms with E-state index in [9.17, 15) is 9.18 Å². The molecule has 0 saturated heterocycles. The molecule has 0 aliphatic heterocycles. The number of carbonyl (C=O) groups is 1. The van der Waals surface area contributed by atoms with Crippen molar-refractivity contribution >= 4 is 17.2 Å². The predicted molar refractivity (Wildman–Crippen MR) is 83.3 cm³/mol. The Morgan fingerprint density at radius 3 is 2.68 bits per heavy atom. The number of nitrogens with zero attached hydrogens (tertiary/aromatic N) is 3. The first-order valence-electron chi connectivity index (χ1n) is 7.16. The Morgan fingerprint density at radius 2 is 1.95 bits per heavy atom. The second-order valence-electron chi connectivity index (χ2n) is 5.00. The van der Waals surface area contributed by atoms with Crippen molar-refractivity contribution in [2.24, 2.45) is 0 Å². The lowest BCUT2D eigenvalue weighted by atomic mass is 10.2. The Balaban J connectivity index is 1.82. The molecule has 3 rings (SSSR count). The molecule has 1 amide bonds. The van der Waals surface area contributed by atoms with Gasteiger partial charge in [0.15, 0.2) is 0 Å². The average molecular weight is 297 g/mol. The highest BCUT2D eigenvalue weighted by atomic mass is 19.1. The SMILES string of the molecule is CCN(C(=O)Cc1cn2cc(F)ccc2n1)c1ccccc1. The highest BCUT2D eigenvalue weighted by molar-refractivity contribution is 5.94. The number of hydrogen-bond donors (Lipinski definition) is 0. The number of imidazole rings is 1. The third-order valence-electron chi connectivity index (χ3n) is 3.48. The molecule has 5 heteroatoms. The maximum atomic E-state index is 13.2. The summed E-state index contributed by atoms with van der Waals surface area (Å²) in [4.78, 5) is 18.6. The van der Waals surface area contributed by atoms with Crippen molar-refractivity contribution in [1.29, 1.82) is 0 Å². The molecule has 22 heavy (non-hydrogen) atoms. The van der Waals surface area contributed by atoms with Crippen LogP contribution in [0.1, 0.15) is 12.6 Å². The van der Waals surface area contributed by atoms with Gasteiger partial charge < -0.3 is 9.30 Å². The van der Waals surface area contributed by atoms with Crippen LogP contribution in [0, 0.1) is 5.82 Å². The van der Waals surface area contributed by atoms with Crippen LogP contribution in [0.5, 0.6) is 0 Å². The number of para-hydroxylation sites is 1. The zero-order chi connectivity index (χ0) is 15.5. The van der Waals surface area contributed by atoms with E-state index < -0.39 is 0 Å². The van der Waals surface area contributed by atoms with Gasteiger partial charge in [0.1, 0.15) is 11.5 Å². The van der Waals surface area contributed by atoms with E-state index in [-0.39, 0.29) is 18.1 Å². The molecule has 0 N–H and O–H groups in total. The van der Waals surface area contributed by atoms with Crippen molar-refractivity contribution in [1.82, 2.24) is 9.38 Å². The molecule has 0 atom stereocenters. The van der Waals surface area contributed by atoms with Gasteiger partial charge in [-0.2, -0.15) is 0 Å². The third-order valence-corrected chi connectivity index (χ3v) is 3.48. The van der Waals surface area contributed by atoms with E-state index >= 15 is 0 Å². The number of hydrogen-bond acceptors (Lipinski definition) is 2. The molecule has 1 aromatic carbocycles. The molecular weight excluding hydrogens is 281 g/mol. The average Bonchev–Trinajstić information content (AvgIpc) is 2.90. The molecular formula is C17H16FN3O. The molecule has 3 aromatic rings. The number of fused-ring (bicyclic) bond motifs is 1. The van der Waals surface area contributed by atoms with E-state index in [4.69, 9.17) is 0 Å². The lowest BCUT2D eigenvalue weighted by molar-refractivity contribution is -0.118. The predicted octanol–water partition coefficient (Wildman–Crippen LogP) is 3.07. The lowest BCUT2D eigenvalue weighted by Crippen LogP contribution is -2.32. The van der Waals surface area contributed by atoms with Gasteiger partial charge in [-0.1, -0.05) is 18.2 Å². The summed E-state index contributed by atoms with van der Waals surface area (Å²) >= 11 is 0. The maximum Gasteiger partial charge on any atom is 0.233 e. The second kappa shape index (κ2) is 5.97.